The lowest BCUT2D eigenvalue weighted by Crippen LogP contribution is -2.27. The van der Waals surface area contributed by atoms with E-state index in [1.165, 1.54) is 0 Å². The van der Waals surface area contributed by atoms with E-state index in [9.17, 15) is 8.78 Å². The van der Waals surface area contributed by atoms with Gasteiger partial charge in [-0.2, -0.15) is 0 Å². The number of nitrogens with zero attached hydrogens (tertiary/aromatic N) is 1. The van der Waals surface area contributed by atoms with Crippen molar-refractivity contribution in [2.45, 2.75) is 19.3 Å². The molecule has 1 nitrogen and oxygen atoms in total. The molecular weight excluding hydrogens is 256 g/mol. The predicted molar refractivity (Wildman–Crippen MR) is 69.3 cm³/mol. The molecule has 3 rings (SSSR count). The number of alkyl halides is 2. The molecular formula is C14H15ClF2N. The van der Waals surface area contributed by atoms with E-state index in [2.05, 4.69) is 0 Å². The summed E-state index contributed by atoms with van der Waals surface area (Å²) in [5.74, 6) is -3.31. The highest BCUT2D eigenvalue weighted by Crippen LogP contribution is 2.59. The number of halogens is 3. The van der Waals surface area contributed by atoms with Gasteiger partial charge in [0.15, 0.2) is 0 Å². The summed E-state index contributed by atoms with van der Waals surface area (Å²) in [6, 6.07) is 5.86. The van der Waals surface area contributed by atoms with Crippen LogP contribution in [0.15, 0.2) is 18.2 Å². The molecule has 1 saturated carbocycles. The summed E-state index contributed by atoms with van der Waals surface area (Å²) in [7, 11) is 0. The number of benzene rings is 1. The first-order chi connectivity index (χ1) is 8.54. The molecule has 0 amide bonds. The molecule has 2 fully saturated rings. The summed E-state index contributed by atoms with van der Waals surface area (Å²) in [5.41, 5.74) is 2.04. The van der Waals surface area contributed by atoms with Gasteiger partial charge in [0, 0.05) is 23.8 Å². The van der Waals surface area contributed by atoms with Crippen molar-refractivity contribution >= 4 is 17.3 Å². The summed E-state index contributed by atoms with van der Waals surface area (Å²) in [6.45, 7) is 2.89. The monoisotopic (exact) mass is 270 g/mol. The Kier molecular flexibility index (Phi) is 2.77. The third-order valence-electron chi connectivity index (χ3n) is 4.03. The van der Waals surface area contributed by atoms with Crippen molar-refractivity contribution in [3.63, 3.8) is 0 Å². The van der Waals surface area contributed by atoms with Gasteiger partial charge in [-0.3, -0.25) is 0 Å². The molecule has 1 saturated heterocycles. The smallest absolute Gasteiger partial charge is 0.258 e. The van der Waals surface area contributed by atoms with Gasteiger partial charge in [-0.05, 0) is 30.5 Å². The van der Waals surface area contributed by atoms with Gasteiger partial charge in [0.1, 0.15) is 0 Å². The topological polar surface area (TPSA) is 3.24 Å². The third kappa shape index (κ3) is 1.80. The van der Waals surface area contributed by atoms with Crippen molar-refractivity contribution in [2.24, 2.45) is 11.8 Å². The number of piperidine rings is 1. The fraction of sp³-hybridized carbons (Fsp3) is 0.500. The molecule has 2 aliphatic rings. The molecule has 4 heteroatoms. The highest BCUT2D eigenvalue weighted by atomic mass is 35.5. The summed E-state index contributed by atoms with van der Waals surface area (Å²) >= 11 is 6.20. The van der Waals surface area contributed by atoms with E-state index in [1.807, 2.05) is 36.4 Å². The molecule has 1 radical (unpaired) electrons. The minimum atomic E-state index is -2.42. The highest BCUT2D eigenvalue weighted by Gasteiger charge is 2.71. The number of hydrogen-bond donors (Lipinski definition) is 0. The molecule has 2 atom stereocenters. The SMILES string of the molecule is C[CH]Cc1ccc(N2CC3C(C2)C3(F)F)cc1Cl. The normalized spacial score (nSPS) is 28.3. The van der Waals surface area contributed by atoms with Crippen LogP contribution in [0.5, 0.6) is 0 Å². The lowest BCUT2D eigenvalue weighted by atomic mass is 10.1. The van der Waals surface area contributed by atoms with Gasteiger partial charge in [-0.15, -0.1) is 0 Å². The maximum Gasteiger partial charge on any atom is 0.258 e. The van der Waals surface area contributed by atoms with Crippen molar-refractivity contribution < 1.29 is 8.78 Å². The number of anilines is 1. The fourth-order valence-electron chi connectivity index (χ4n) is 2.84. The maximum absolute atomic E-state index is 13.1. The van der Waals surface area contributed by atoms with Crippen molar-refractivity contribution in [3.05, 3.63) is 35.2 Å². The second-order valence-electron chi connectivity index (χ2n) is 5.18. The van der Waals surface area contributed by atoms with Crippen LogP contribution in [0.4, 0.5) is 14.5 Å². The Bertz CT molecular complexity index is 461. The Morgan fingerprint density at radius 1 is 1.39 bits per heavy atom. The van der Waals surface area contributed by atoms with Crippen molar-refractivity contribution in [1.29, 1.82) is 0 Å². The highest BCUT2D eigenvalue weighted by molar-refractivity contribution is 6.31. The van der Waals surface area contributed by atoms with Gasteiger partial charge in [0.2, 0.25) is 0 Å². The summed E-state index contributed by atoms with van der Waals surface area (Å²) in [4.78, 5) is 2.01. The predicted octanol–water partition coefficient (Wildman–Crippen LogP) is 3.81. The molecule has 1 aliphatic heterocycles. The molecule has 1 aromatic carbocycles. The van der Waals surface area contributed by atoms with Gasteiger partial charge in [0.05, 0.1) is 11.8 Å². The van der Waals surface area contributed by atoms with Crippen LogP contribution in [-0.4, -0.2) is 19.0 Å². The van der Waals surface area contributed by atoms with E-state index >= 15 is 0 Å². The first-order valence-corrected chi connectivity index (χ1v) is 6.61. The Hall–Kier alpha value is -0.830. The van der Waals surface area contributed by atoms with Crippen LogP contribution in [-0.2, 0) is 6.42 Å². The molecule has 0 spiro atoms. The molecule has 0 N–H and O–H groups in total. The largest absolute Gasteiger partial charge is 0.370 e. The minimum Gasteiger partial charge on any atom is -0.370 e. The quantitative estimate of drug-likeness (QED) is 0.807. The fourth-order valence-corrected chi connectivity index (χ4v) is 3.09. The van der Waals surface area contributed by atoms with Crippen LogP contribution in [0.3, 0.4) is 0 Å². The molecule has 0 bridgehead atoms. The van der Waals surface area contributed by atoms with E-state index in [4.69, 9.17) is 11.6 Å². The first-order valence-electron chi connectivity index (χ1n) is 6.23. The van der Waals surface area contributed by atoms with Crippen molar-refractivity contribution in [3.8, 4) is 0 Å². The first kappa shape index (κ1) is 12.2. The van der Waals surface area contributed by atoms with Crippen LogP contribution in [0.1, 0.15) is 12.5 Å². The summed E-state index contributed by atoms with van der Waals surface area (Å²) in [5, 5.41) is 0.720. The van der Waals surface area contributed by atoms with Gasteiger partial charge < -0.3 is 4.90 Å². The Labute approximate surface area is 111 Å². The molecule has 1 heterocycles. The molecule has 2 unspecified atom stereocenters. The molecule has 18 heavy (non-hydrogen) atoms. The second-order valence-corrected chi connectivity index (χ2v) is 5.59. The van der Waals surface area contributed by atoms with Crippen LogP contribution in [0, 0.1) is 18.3 Å². The minimum absolute atomic E-state index is 0.445. The molecule has 1 aromatic rings. The Balaban J connectivity index is 1.73. The van der Waals surface area contributed by atoms with Crippen LogP contribution in [0.2, 0.25) is 5.02 Å². The van der Waals surface area contributed by atoms with E-state index in [0.717, 1.165) is 22.7 Å². The maximum atomic E-state index is 13.1. The summed E-state index contributed by atoms with van der Waals surface area (Å²) in [6.07, 6.45) is 2.88. The third-order valence-corrected chi connectivity index (χ3v) is 4.38. The van der Waals surface area contributed by atoms with Gasteiger partial charge in [0.25, 0.3) is 5.92 Å². The van der Waals surface area contributed by atoms with Crippen molar-refractivity contribution in [2.75, 3.05) is 18.0 Å². The van der Waals surface area contributed by atoms with Gasteiger partial charge in [-0.1, -0.05) is 24.6 Å². The van der Waals surface area contributed by atoms with Crippen LogP contribution >= 0.6 is 11.6 Å². The van der Waals surface area contributed by atoms with Crippen LogP contribution < -0.4 is 4.90 Å². The standard InChI is InChI=1S/C14H15ClF2N/c1-2-3-9-4-5-10(6-13(9)15)18-7-11-12(8-18)14(11,16)17/h2,4-6,11-12H,3,7-8H2,1H3. The molecule has 97 valence electrons. The zero-order chi connectivity index (χ0) is 12.9. The van der Waals surface area contributed by atoms with Gasteiger partial charge in [-0.25, -0.2) is 8.78 Å². The van der Waals surface area contributed by atoms with E-state index in [0.29, 0.717) is 13.1 Å². The number of hydrogen-bond acceptors (Lipinski definition) is 1. The average Bonchev–Trinajstić information content (AvgIpc) is 2.73. The lowest BCUT2D eigenvalue weighted by Gasteiger charge is -2.22. The Morgan fingerprint density at radius 2 is 2.06 bits per heavy atom. The molecule has 1 aliphatic carbocycles. The lowest BCUT2D eigenvalue weighted by molar-refractivity contribution is 0.0798. The van der Waals surface area contributed by atoms with E-state index < -0.39 is 17.8 Å². The Morgan fingerprint density at radius 3 is 2.61 bits per heavy atom. The number of rotatable bonds is 3. The van der Waals surface area contributed by atoms with E-state index in [-0.39, 0.29) is 0 Å². The van der Waals surface area contributed by atoms with Crippen LogP contribution in [0.25, 0.3) is 0 Å². The average molecular weight is 271 g/mol. The zero-order valence-electron chi connectivity index (χ0n) is 10.2. The number of fused-ring (bicyclic) bond motifs is 1. The molecule has 0 aromatic heterocycles. The van der Waals surface area contributed by atoms with E-state index in [1.54, 1.807) is 0 Å². The zero-order valence-corrected chi connectivity index (χ0v) is 10.9. The van der Waals surface area contributed by atoms with Gasteiger partial charge >= 0.3 is 0 Å². The second kappa shape index (κ2) is 4.09. The van der Waals surface area contributed by atoms with Crippen molar-refractivity contribution in [1.82, 2.24) is 0 Å². The summed E-state index contributed by atoms with van der Waals surface area (Å²) < 4.78 is 26.2.